The number of hydrogen-bond acceptors (Lipinski definition) is 8. The van der Waals surface area contributed by atoms with Gasteiger partial charge in [-0.05, 0) is 60.7 Å². The maximum Gasteiger partial charge on any atom is 0.338 e. The summed E-state index contributed by atoms with van der Waals surface area (Å²) < 4.78 is 48.9. The lowest BCUT2D eigenvalue weighted by molar-refractivity contribution is 0.0474. The van der Waals surface area contributed by atoms with E-state index < -0.39 is 28.4 Å². The molecule has 176 valence electrons. The lowest BCUT2D eigenvalue weighted by Gasteiger charge is -2.18. The van der Waals surface area contributed by atoms with E-state index in [4.69, 9.17) is 18.9 Å². The third kappa shape index (κ3) is 5.29. The molecule has 1 aliphatic rings. The number of carbonyl (C=O) groups is 2. The molecule has 0 saturated heterocycles. The quantitative estimate of drug-likeness (QED) is 0.383. The Morgan fingerprint density at radius 1 is 0.912 bits per heavy atom. The number of carbonyl (C=O) groups excluding carboxylic acids is 2. The Kier molecular flexibility index (Phi) is 6.69. The number of ketones is 1. The monoisotopic (exact) mass is 483 g/mol. The molecule has 0 spiro atoms. The van der Waals surface area contributed by atoms with Crippen LogP contribution >= 0.6 is 0 Å². The van der Waals surface area contributed by atoms with Crippen molar-refractivity contribution in [3.8, 4) is 17.2 Å². The molecule has 1 aliphatic heterocycles. The standard InChI is InChI=1S/C24H21NO8S/c1-30-19-8-6-18(7-9-19)25-34(28,29)20-4-2-3-17(13-20)24(27)33-15-21(26)16-5-10-22-23(14-16)32-12-11-31-22/h2-10,13-14,25H,11-12,15H2,1H3. The van der Waals surface area contributed by atoms with Gasteiger partial charge < -0.3 is 18.9 Å². The van der Waals surface area contributed by atoms with E-state index in [2.05, 4.69) is 4.72 Å². The van der Waals surface area contributed by atoms with Crippen LogP contribution in [0.2, 0.25) is 0 Å². The number of rotatable bonds is 8. The van der Waals surface area contributed by atoms with Gasteiger partial charge in [-0.2, -0.15) is 0 Å². The van der Waals surface area contributed by atoms with Gasteiger partial charge in [0.15, 0.2) is 23.9 Å². The fraction of sp³-hybridized carbons (Fsp3) is 0.167. The van der Waals surface area contributed by atoms with Crippen LogP contribution in [0.15, 0.2) is 71.6 Å². The first kappa shape index (κ1) is 23.1. The smallest absolute Gasteiger partial charge is 0.338 e. The Morgan fingerprint density at radius 2 is 1.65 bits per heavy atom. The SMILES string of the molecule is COc1ccc(NS(=O)(=O)c2cccc(C(=O)OCC(=O)c3ccc4c(c3)OCCO4)c2)cc1. The molecule has 9 nitrogen and oxygen atoms in total. The van der Waals surface area contributed by atoms with Crippen LogP contribution in [0.4, 0.5) is 5.69 Å². The van der Waals surface area contributed by atoms with Crippen LogP contribution in [0.3, 0.4) is 0 Å². The van der Waals surface area contributed by atoms with E-state index in [9.17, 15) is 18.0 Å². The molecule has 34 heavy (non-hydrogen) atoms. The van der Waals surface area contributed by atoms with Gasteiger partial charge in [0.25, 0.3) is 10.0 Å². The van der Waals surface area contributed by atoms with E-state index in [1.165, 1.54) is 37.4 Å². The van der Waals surface area contributed by atoms with Crippen molar-refractivity contribution in [3.05, 3.63) is 77.9 Å². The molecule has 0 unspecified atom stereocenters. The molecular weight excluding hydrogens is 462 g/mol. The highest BCUT2D eigenvalue weighted by atomic mass is 32.2. The van der Waals surface area contributed by atoms with Gasteiger partial charge in [0.2, 0.25) is 0 Å². The zero-order valence-corrected chi connectivity index (χ0v) is 19.0. The van der Waals surface area contributed by atoms with Crippen LogP contribution in [0.1, 0.15) is 20.7 Å². The van der Waals surface area contributed by atoms with Gasteiger partial charge in [-0.1, -0.05) is 6.07 Å². The van der Waals surface area contributed by atoms with Crippen LogP contribution in [0, 0.1) is 0 Å². The molecule has 3 aromatic carbocycles. The Labute approximate surface area is 196 Å². The van der Waals surface area contributed by atoms with Gasteiger partial charge in [0.1, 0.15) is 19.0 Å². The molecule has 0 amide bonds. The average molecular weight is 483 g/mol. The van der Waals surface area contributed by atoms with Crippen LogP contribution < -0.4 is 18.9 Å². The molecule has 0 radical (unpaired) electrons. The maximum absolute atomic E-state index is 12.7. The first-order chi connectivity index (χ1) is 16.4. The minimum Gasteiger partial charge on any atom is -0.497 e. The minimum atomic E-state index is -3.96. The normalized spacial score (nSPS) is 12.5. The van der Waals surface area contributed by atoms with Crippen LogP contribution in [-0.4, -0.2) is 47.1 Å². The van der Waals surface area contributed by atoms with E-state index in [0.29, 0.717) is 41.7 Å². The molecule has 1 heterocycles. The summed E-state index contributed by atoms with van der Waals surface area (Å²) in [5.74, 6) is 0.313. The van der Waals surface area contributed by atoms with Crippen LogP contribution in [-0.2, 0) is 14.8 Å². The number of ether oxygens (including phenoxy) is 4. The van der Waals surface area contributed by atoms with Crippen LogP contribution in [0.5, 0.6) is 17.2 Å². The van der Waals surface area contributed by atoms with Gasteiger partial charge in [0, 0.05) is 11.3 Å². The highest BCUT2D eigenvalue weighted by Gasteiger charge is 2.19. The molecular formula is C24H21NO8S. The highest BCUT2D eigenvalue weighted by molar-refractivity contribution is 7.92. The van der Waals surface area contributed by atoms with Crippen molar-refractivity contribution in [2.45, 2.75) is 4.90 Å². The van der Waals surface area contributed by atoms with Gasteiger partial charge in [-0.15, -0.1) is 0 Å². The Balaban J connectivity index is 1.41. The summed E-state index contributed by atoms with van der Waals surface area (Å²) in [5, 5.41) is 0. The van der Waals surface area contributed by atoms with Crippen molar-refractivity contribution in [1.82, 2.24) is 0 Å². The molecule has 0 aromatic heterocycles. The molecule has 0 saturated carbocycles. The fourth-order valence-electron chi connectivity index (χ4n) is 3.18. The summed E-state index contributed by atoms with van der Waals surface area (Å²) in [7, 11) is -2.46. The molecule has 3 aromatic rings. The predicted molar refractivity (Wildman–Crippen MR) is 122 cm³/mol. The van der Waals surface area contributed by atoms with E-state index in [0.717, 1.165) is 0 Å². The molecule has 1 N–H and O–H groups in total. The zero-order valence-electron chi connectivity index (χ0n) is 18.1. The minimum absolute atomic E-state index is 0.00687. The van der Waals surface area contributed by atoms with Gasteiger partial charge in [-0.3, -0.25) is 9.52 Å². The first-order valence-corrected chi connectivity index (χ1v) is 11.7. The van der Waals surface area contributed by atoms with E-state index in [1.54, 1.807) is 36.4 Å². The lowest BCUT2D eigenvalue weighted by atomic mass is 10.1. The Hall–Kier alpha value is -4.05. The van der Waals surface area contributed by atoms with Gasteiger partial charge >= 0.3 is 5.97 Å². The number of esters is 1. The van der Waals surface area contributed by atoms with Crippen molar-refractivity contribution in [1.29, 1.82) is 0 Å². The molecule has 4 rings (SSSR count). The molecule has 0 aliphatic carbocycles. The first-order valence-electron chi connectivity index (χ1n) is 10.2. The zero-order chi connectivity index (χ0) is 24.1. The molecule has 0 bridgehead atoms. The summed E-state index contributed by atoms with van der Waals surface area (Å²) in [6.07, 6.45) is 0. The van der Waals surface area contributed by atoms with E-state index in [1.807, 2.05) is 0 Å². The second-order valence-corrected chi connectivity index (χ2v) is 8.90. The number of sulfonamides is 1. The number of nitrogens with one attached hydrogen (secondary N) is 1. The van der Waals surface area contributed by atoms with Crippen molar-refractivity contribution < 1.29 is 37.0 Å². The number of hydrogen-bond donors (Lipinski definition) is 1. The number of methoxy groups -OCH3 is 1. The Bertz CT molecular complexity index is 1320. The van der Waals surface area contributed by atoms with Crippen molar-refractivity contribution >= 4 is 27.5 Å². The topological polar surface area (TPSA) is 117 Å². The van der Waals surface area contributed by atoms with Crippen molar-refractivity contribution in [2.24, 2.45) is 0 Å². The highest BCUT2D eigenvalue weighted by Crippen LogP contribution is 2.31. The predicted octanol–water partition coefficient (Wildman–Crippen LogP) is 3.31. The average Bonchev–Trinajstić information content (AvgIpc) is 2.87. The second-order valence-electron chi connectivity index (χ2n) is 7.22. The number of Topliss-reactive ketones (excluding diaryl/α,β-unsaturated/α-hetero) is 1. The fourth-order valence-corrected chi connectivity index (χ4v) is 4.28. The number of benzene rings is 3. The summed E-state index contributed by atoms with van der Waals surface area (Å²) in [5.41, 5.74) is 0.628. The van der Waals surface area contributed by atoms with E-state index in [-0.39, 0.29) is 10.5 Å². The second kappa shape index (κ2) is 9.84. The maximum atomic E-state index is 12.7. The molecule has 0 atom stereocenters. The largest absolute Gasteiger partial charge is 0.497 e. The number of fused-ring (bicyclic) bond motifs is 1. The third-order valence-electron chi connectivity index (χ3n) is 4.92. The third-order valence-corrected chi connectivity index (χ3v) is 6.30. The summed E-state index contributed by atoms with van der Waals surface area (Å²) in [6.45, 7) is 0.300. The van der Waals surface area contributed by atoms with Gasteiger partial charge in [-0.25, -0.2) is 13.2 Å². The summed E-state index contributed by atoms with van der Waals surface area (Å²) in [4.78, 5) is 24.8. The number of anilines is 1. The summed E-state index contributed by atoms with van der Waals surface area (Å²) in [6, 6.07) is 16.4. The van der Waals surface area contributed by atoms with E-state index >= 15 is 0 Å². The molecule has 10 heteroatoms. The van der Waals surface area contributed by atoms with Crippen molar-refractivity contribution in [2.75, 3.05) is 31.7 Å². The summed E-state index contributed by atoms with van der Waals surface area (Å²) >= 11 is 0. The van der Waals surface area contributed by atoms with Gasteiger partial charge in [0.05, 0.1) is 17.6 Å². The Morgan fingerprint density at radius 3 is 2.38 bits per heavy atom. The lowest BCUT2D eigenvalue weighted by Crippen LogP contribution is -2.18. The van der Waals surface area contributed by atoms with Crippen LogP contribution in [0.25, 0.3) is 0 Å². The molecule has 0 fully saturated rings. The van der Waals surface area contributed by atoms with Crippen molar-refractivity contribution in [3.63, 3.8) is 0 Å².